The van der Waals surface area contributed by atoms with E-state index in [2.05, 4.69) is 5.16 Å². The third kappa shape index (κ3) is 4.13. The summed E-state index contributed by atoms with van der Waals surface area (Å²) in [5.41, 5.74) is 0.934. The Bertz CT molecular complexity index is 360. The number of rotatable bonds is 6. The molecule has 0 aliphatic rings. The van der Waals surface area contributed by atoms with Crippen LogP contribution in [0.4, 0.5) is 0 Å². The van der Waals surface area contributed by atoms with Crippen molar-refractivity contribution in [1.82, 2.24) is 0 Å². The third-order valence-electron chi connectivity index (χ3n) is 1.93. The highest BCUT2D eigenvalue weighted by molar-refractivity contribution is 6.35. The van der Waals surface area contributed by atoms with Crippen LogP contribution in [0.3, 0.4) is 0 Å². The molecule has 0 aliphatic heterocycles. The summed E-state index contributed by atoms with van der Waals surface area (Å²) in [6, 6.07) is 9.33. The van der Waals surface area contributed by atoms with Crippen molar-refractivity contribution >= 4 is 11.7 Å². The van der Waals surface area contributed by atoms with Gasteiger partial charge >= 0.3 is 5.97 Å². The molecule has 16 heavy (non-hydrogen) atoms. The second-order valence-corrected chi connectivity index (χ2v) is 3.34. The minimum atomic E-state index is -1.04. The molecule has 0 spiro atoms. The molecule has 0 radical (unpaired) electrons. The molecule has 0 bridgehead atoms. The van der Waals surface area contributed by atoms with E-state index in [1.54, 1.807) is 0 Å². The first-order valence-corrected chi connectivity index (χ1v) is 5.20. The Morgan fingerprint density at radius 2 is 2.06 bits per heavy atom. The molecule has 4 nitrogen and oxygen atoms in total. The molecule has 1 aromatic carbocycles. The number of oxime groups is 1. The topological polar surface area (TPSA) is 58.9 Å². The van der Waals surface area contributed by atoms with Crippen LogP contribution >= 0.6 is 0 Å². The summed E-state index contributed by atoms with van der Waals surface area (Å²) in [5, 5.41) is 12.5. The molecule has 1 aromatic rings. The number of carboxylic acid groups (broad SMARTS) is 1. The van der Waals surface area contributed by atoms with Gasteiger partial charge in [0.1, 0.15) is 6.61 Å². The Balaban J connectivity index is 2.65. The second kappa shape index (κ2) is 6.61. The summed E-state index contributed by atoms with van der Waals surface area (Å²) in [7, 11) is 0. The van der Waals surface area contributed by atoms with Gasteiger partial charge < -0.3 is 9.94 Å². The first kappa shape index (κ1) is 12.2. The number of carboxylic acids is 1. The van der Waals surface area contributed by atoms with Gasteiger partial charge in [-0.1, -0.05) is 42.4 Å². The van der Waals surface area contributed by atoms with Gasteiger partial charge in [0.05, 0.1) is 0 Å². The van der Waals surface area contributed by atoms with E-state index in [4.69, 9.17) is 9.94 Å². The molecule has 0 saturated carbocycles. The first-order valence-electron chi connectivity index (χ1n) is 5.20. The van der Waals surface area contributed by atoms with Gasteiger partial charge in [0.25, 0.3) is 0 Å². The van der Waals surface area contributed by atoms with Gasteiger partial charge in [-0.05, 0) is 12.0 Å². The Labute approximate surface area is 94.5 Å². The van der Waals surface area contributed by atoms with E-state index >= 15 is 0 Å². The van der Waals surface area contributed by atoms with Crippen LogP contribution in [0.2, 0.25) is 0 Å². The number of carbonyl (C=O) groups is 1. The molecule has 0 heterocycles. The molecule has 1 rings (SSSR count). The van der Waals surface area contributed by atoms with Crippen LogP contribution in [0, 0.1) is 0 Å². The Morgan fingerprint density at radius 1 is 1.38 bits per heavy atom. The minimum absolute atomic E-state index is 0.0275. The maximum Gasteiger partial charge on any atom is 0.354 e. The van der Waals surface area contributed by atoms with Crippen molar-refractivity contribution in [2.24, 2.45) is 5.16 Å². The molecular weight excluding hydrogens is 206 g/mol. The average Bonchev–Trinajstić information content (AvgIpc) is 2.29. The molecule has 1 N–H and O–H groups in total. The van der Waals surface area contributed by atoms with Crippen molar-refractivity contribution in [2.45, 2.75) is 19.8 Å². The predicted octanol–water partition coefficient (Wildman–Crippen LogP) is 2.10. The fourth-order valence-electron chi connectivity index (χ4n) is 1.15. The van der Waals surface area contributed by atoms with E-state index in [1.165, 1.54) is 0 Å². The van der Waals surface area contributed by atoms with Crippen molar-refractivity contribution < 1.29 is 14.7 Å². The van der Waals surface area contributed by atoms with Gasteiger partial charge in [0, 0.05) is 6.42 Å². The Kier molecular flexibility index (Phi) is 5.05. The average molecular weight is 221 g/mol. The highest BCUT2D eigenvalue weighted by Gasteiger charge is 2.11. The van der Waals surface area contributed by atoms with Gasteiger partial charge in [0.2, 0.25) is 0 Å². The van der Waals surface area contributed by atoms with E-state index in [-0.39, 0.29) is 12.1 Å². The molecule has 0 saturated heterocycles. The summed E-state index contributed by atoms with van der Waals surface area (Å²) in [4.78, 5) is 15.8. The molecule has 0 fully saturated rings. The van der Waals surface area contributed by atoms with Crippen molar-refractivity contribution in [2.75, 3.05) is 6.61 Å². The van der Waals surface area contributed by atoms with E-state index in [0.29, 0.717) is 6.61 Å². The zero-order valence-electron chi connectivity index (χ0n) is 9.22. The lowest BCUT2D eigenvalue weighted by molar-refractivity contribution is -0.129. The summed E-state index contributed by atoms with van der Waals surface area (Å²) in [5.74, 6) is -1.04. The van der Waals surface area contributed by atoms with Crippen LogP contribution in [0.25, 0.3) is 0 Å². The summed E-state index contributed by atoms with van der Waals surface area (Å²) < 4.78 is 0. The highest BCUT2D eigenvalue weighted by atomic mass is 16.6. The lowest BCUT2D eigenvalue weighted by Gasteiger charge is -2.02. The van der Waals surface area contributed by atoms with Crippen molar-refractivity contribution in [3.63, 3.8) is 0 Å². The Hall–Kier alpha value is -1.84. The molecule has 0 amide bonds. The SMILES string of the molecule is CCCO/N=C(\Cc1ccccc1)C(=O)O. The number of hydrogen-bond acceptors (Lipinski definition) is 3. The molecule has 0 unspecified atom stereocenters. The van der Waals surface area contributed by atoms with Crippen LogP contribution in [-0.4, -0.2) is 23.4 Å². The van der Waals surface area contributed by atoms with Gasteiger partial charge in [-0.2, -0.15) is 0 Å². The molecule has 86 valence electrons. The lowest BCUT2D eigenvalue weighted by atomic mass is 10.1. The zero-order chi connectivity index (χ0) is 11.8. The maximum atomic E-state index is 10.9. The molecule has 0 atom stereocenters. The smallest absolute Gasteiger partial charge is 0.354 e. The first-order chi connectivity index (χ1) is 7.74. The van der Waals surface area contributed by atoms with E-state index in [9.17, 15) is 4.79 Å². The molecule has 0 aliphatic carbocycles. The number of aliphatic carboxylic acids is 1. The van der Waals surface area contributed by atoms with Gasteiger partial charge in [-0.25, -0.2) is 4.79 Å². The van der Waals surface area contributed by atoms with Gasteiger partial charge in [-0.15, -0.1) is 0 Å². The van der Waals surface area contributed by atoms with Gasteiger partial charge in [-0.3, -0.25) is 0 Å². The van der Waals surface area contributed by atoms with Crippen LogP contribution < -0.4 is 0 Å². The second-order valence-electron chi connectivity index (χ2n) is 3.34. The van der Waals surface area contributed by atoms with Crippen molar-refractivity contribution in [1.29, 1.82) is 0 Å². The highest BCUT2D eigenvalue weighted by Crippen LogP contribution is 2.02. The fourth-order valence-corrected chi connectivity index (χ4v) is 1.15. The number of hydrogen-bond donors (Lipinski definition) is 1. The number of benzene rings is 1. The van der Waals surface area contributed by atoms with E-state index in [1.807, 2.05) is 37.3 Å². The minimum Gasteiger partial charge on any atom is -0.477 e. The third-order valence-corrected chi connectivity index (χ3v) is 1.93. The number of nitrogens with zero attached hydrogens (tertiary/aromatic N) is 1. The quantitative estimate of drug-likeness (QED) is 0.454. The monoisotopic (exact) mass is 221 g/mol. The summed E-state index contributed by atoms with van der Waals surface area (Å²) >= 11 is 0. The van der Waals surface area contributed by atoms with E-state index in [0.717, 1.165) is 12.0 Å². The Morgan fingerprint density at radius 3 is 2.62 bits per heavy atom. The fraction of sp³-hybridized carbons (Fsp3) is 0.333. The van der Waals surface area contributed by atoms with Crippen LogP contribution in [0.15, 0.2) is 35.5 Å². The summed E-state index contributed by atoms with van der Waals surface area (Å²) in [6.07, 6.45) is 1.08. The van der Waals surface area contributed by atoms with Crippen LogP contribution in [-0.2, 0) is 16.1 Å². The van der Waals surface area contributed by atoms with Crippen LogP contribution in [0.5, 0.6) is 0 Å². The zero-order valence-corrected chi connectivity index (χ0v) is 9.22. The van der Waals surface area contributed by atoms with Gasteiger partial charge in [0.15, 0.2) is 5.71 Å². The lowest BCUT2D eigenvalue weighted by Crippen LogP contribution is -2.16. The molecule has 4 heteroatoms. The molecule has 0 aromatic heterocycles. The normalized spacial score (nSPS) is 11.2. The predicted molar refractivity (Wildman–Crippen MR) is 61.5 cm³/mol. The van der Waals surface area contributed by atoms with Crippen molar-refractivity contribution in [3.05, 3.63) is 35.9 Å². The largest absolute Gasteiger partial charge is 0.477 e. The van der Waals surface area contributed by atoms with Crippen molar-refractivity contribution in [3.8, 4) is 0 Å². The van der Waals surface area contributed by atoms with E-state index < -0.39 is 5.97 Å². The standard InChI is InChI=1S/C12H15NO3/c1-2-8-16-13-11(12(14)15)9-10-6-4-3-5-7-10/h3-7H,2,8-9H2,1H3,(H,14,15)/b13-11+. The van der Waals surface area contributed by atoms with Crippen LogP contribution in [0.1, 0.15) is 18.9 Å². The maximum absolute atomic E-state index is 10.9. The molecular formula is C12H15NO3. The summed E-state index contributed by atoms with van der Waals surface area (Å²) in [6.45, 7) is 2.37.